The maximum Gasteiger partial charge on any atom is 0.122 e. The molecule has 3 nitrogen and oxygen atoms in total. The maximum absolute atomic E-state index is 5.44. The minimum absolute atomic E-state index is 0.744. The molecule has 0 fully saturated rings. The molecule has 0 bridgehead atoms. The van der Waals surface area contributed by atoms with E-state index in [-0.39, 0.29) is 0 Å². The van der Waals surface area contributed by atoms with Gasteiger partial charge in [-0.15, -0.1) is 0 Å². The fraction of sp³-hybridized carbons (Fsp3) is 0.538. The molecule has 0 atom stereocenters. The lowest BCUT2D eigenvalue weighted by Gasteiger charge is -2.13. The fourth-order valence-corrected chi connectivity index (χ4v) is 1.71. The molecule has 0 unspecified atom stereocenters. The number of hydrogen-bond donors (Lipinski definition) is 2. The average molecular weight is 222 g/mol. The first-order valence-corrected chi connectivity index (χ1v) is 5.74. The number of ether oxygens (including phenoxy) is 1. The van der Waals surface area contributed by atoms with Gasteiger partial charge in [-0.3, -0.25) is 0 Å². The molecule has 1 aromatic rings. The largest absolute Gasteiger partial charge is 0.496 e. The van der Waals surface area contributed by atoms with Crippen LogP contribution in [0.15, 0.2) is 12.1 Å². The number of rotatable bonds is 6. The Hall–Kier alpha value is -1.06. The van der Waals surface area contributed by atoms with Crippen molar-refractivity contribution in [2.24, 2.45) is 5.73 Å². The Morgan fingerprint density at radius 2 is 2.00 bits per heavy atom. The second-order valence-electron chi connectivity index (χ2n) is 4.00. The molecule has 3 N–H and O–H groups in total. The lowest BCUT2D eigenvalue weighted by molar-refractivity contribution is 0.411. The van der Waals surface area contributed by atoms with E-state index in [9.17, 15) is 0 Å². The van der Waals surface area contributed by atoms with E-state index in [4.69, 9.17) is 10.5 Å². The molecule has 0 radical (unpaired) electrons. The molecule has 0 aliphatic heterocycles. The molecule has 0 saturated heterocycles. The van der Waals surface area contributed by atoms with E-state index in [2.05, 4.69) is 25.2 Å². The molecule has 0 aliphatic carbocycles. The van der Waals surface area contributed by atoms with Crippen LogP contribution in [0.1, 0.15) is 23.1 Å². The SMILES string of the molecule is COc1ccc(CNCCCN)c(C)c1C. The summed E-state index contributed by atoms with van der Waals surface area (Å²) in [5.41, 5.74) is 9.30. The van der Waals surface area contributed by atoms with Crippen molar-refractivity contribution in [1.82, 2.24) is 5.32 Å². The molecule has 1 aromatic carbocycles. The number of nitrogens with two attached hydrogens (primary N) is 1. The van der Waals surface area contributed by atoms with Crippen LogP contribution in [-0.2, 0) is 6.54 Å². The first kappa shape index (κ1) is 13.0. The zero-order chi connectivity index (χ0) is 12.0. The Kier molecular flexibility index (Phi) is 5.29. The van der Waals surface area contributed by atoms with Crippen LogP contribution in [0, 0.1) is 13.8 Å². The van der Waals surface area contributed by atoms with Gasteiger partial charge in [0.15, 0.2) is 0 Å². The summed E-state index contributed by atoms with van der Waals surface area (Å²) in [4.78, 5) is 0. The lowest BCUT2D eigenvalue weighted by Crippen LogP contribution is -2.18. The third-order valence-electron chi connectivity index (χ3n) is 2.94. The van der Waals surface area contributed by atoms with Gasteiger partial charge in [0, 0.05) is 6.54 Å². The van der Waals surface area contributed by atoms with Gasteiger partial charge in [-0.1, -0.05) is 6.07 Å². The van der Waals surface area contributed by atoms with Crippen LogP contribution in [0.3, 0.4) is 0 Å². The summed E-state index contributed by atoms with van der Waals surface area (Å²) < 4.78 is 5.29. The zero-order valence-corrected chi connectivity index (χ0v) is 10.5. The highest BCUT2D eigenvalue weighted by molar-refractivity contribution is 5.43. The van der Waals surface area contributed by atoms with Crippen molar-refractivity contribution in [3.8, 4) is 5.75 Å². The third-order valence-corrected chi connectivity index (χ3v) is 2.94. The second kappa shape index (κ2) is 6.51. The molecule has 0 aromatic heterocycles. The molecule has 0 amide bonds. The van der Waals surface area contributed by atoms with Crippen molar-refractivity contribution < 1.29 is 4.74 Å². The minimum atomic E-state index is 0.744. The Morgan fingerprint density at radius 1 is 1.25 bits per heavy atom. The normalized spacial score (nSPS) is 10.5. The first-order chi connectivity index (χ1) is 7.70. The second-order valence-corrected chi connectivity index (χ2v) is 4.00. The van der Waals surface area contributed by atoms with Gasteiger partial charge in [0.25, 0.3) is 0 Å². The summed E-state index contributed by atoms with van der Waals surface area (Å²) in [6.07, 6.45) is 1.02. The summed E-state index contributed by atoms with van der Waals surface area (Å²) >= 11 is 0. The van der Waals surface area contributed by atoms with Gasteiger partial charge in [-0.25, -0.2) is 0 Å². The number of nitrogens with one attached hydrogen (secondary N) is 1. The Labute approximate surface area is 98.0 Å². The summed E-state index contributed by atoms with van der Waals surface area (Å²) in [6.45, 7) is 6.85. The standard InChI is InChI=1S/C13H22N2O/c1-10-11(2)13(16-3)6-5-12(10)9-15-8-4-7-14/h5-6,15H,4,7-9,14H2,1-3H3. The van der Waals surface area contributed by atoms with E-state index in [1.807, 2.05) is 6.07 Å². The molecule has 16 heavy (non-hydrogen) atoms. The summed E-state index contributed by atoms with van der Waals surface area (Å²) in [7, 11) is 1.71. The molecule has 0 heterocycles. The molecular weight excluding hydrogens is 200 g/mol. The summed E-state index contributed by atoms with van der Waals surface area (Å²) in [5, 5.41) is 3.39. The Balaban J connectivity index is 2.64. The molecule has 0 spiro atoms. The highest BCUT2D eigenvalue weighted by Crippen LogP contribution is 2.23. The van der Waals surface area contributed by atoms with Crippen LogP contribution < -0.4 is 15.8 Å². The molecule has 0 aliphatic rings. The third kappa shape index (κ3) is 3.22. The highest BCUT2D eigenvalue weighted by Gasteiger charge is 2.05. The van der Waals surface area contributed by atoms with Crippen molar-refractivity contribution in [3.05, 3.63) is 28.8 Å². The van der Waals surface area contributed by atoms with E-state index >= 15 is 0 Å². The minimum Gasteiger partial charge on any atom is -0.496 e. The maximum atomic E-state index is 5.44. The fourth-order valence-electron chi connectivity index (χ4n) is 1.71. The van der Waals surface area contributed by atoms with Crippen LogP contribution >= 0.6 is 0 Å². The van der Waals surface area contributed by atoms with Gasteiger partial charge in [-0.2, -0.15) is 0 Å². The number of methoxy groups -OCH3 is 1. The van der Waals surface area contributed by atoms with Crippen molar-refractivity contribution in [2.75, 3.05) is 20.2 Å². The van der Waals surface area contributed by atoms with Gasteiger partial charge in [0.2, 0.25) is 0 Å². The van der Waals surface area contributed by atoms with Crippen LogP contribution in [0.4, 0.5) is 0 Å². The van der Waals surface area contributed by atoms with Gasteiger partial charge in [0.05, 0.1) is 7.11 Å². The van der Waals surface area contributed by atoms with Crippen molar-refractivity contribution in [1.29, 1.82) is 0 Å². The van der Waals surface area contributed by atoms with Crippen LogP contribution in [-0.4, -0.2) is 20.2 Å². The Bertz CT molecular complexity index is 337. The smallest absolute Gasteiger partial charge is 0.122 e. The van der Waals surface area contributed by atoms with E-state index in [0.717, 1.165) is 31.8 Å². The van der Waals surface area contributed by atoms with E-state index < -0.39 is 0 Å². The molecular formula is C13H22N2O. The van der Waals surface area contributed by atoms with Gasteiger partial charge >= 0.3 is 0 Å². The van der Waals surface area contributed by atoms with Gasteiger partial charge < -0.3 is 15.8 Å². The van der Waals surface area contributed by atoms with Crippen molar-refractivity contribution >= 4 is 0 Å². The lowest BCUT2D eigenvalue weighted by atomic mass is 10.0. The monoisotopic (exact) mass is 222 g/mol. The van der Waals surface area contributed by atoms with Crippen LogP contribution in [0.2, 0.25) is 0 Å². The van der Waals surface area contributed by atoms with E-state index in [1.54, 1.807) is 7.11 Å². The summed E-state index contributed by atoms with van der Waals surface area (Å²) in [5.74, 6) is 0.961. The number of benzene rings is 1. The highest BCUT2D eigenvalue weighted by atomic mass is 16.5. The predicted octanol–water partition coefficient (Wildman–Crippen LogP) is 1.75. The average Bonchev–Trinajstić information content (AvgIpc) is 2.30. The molecule has 1 rings (SSSR count). The first-order valence-electron chi connectivity index (χ1n) is 5.74. The molecule has 90 valence electrons. The topological polar surface area (TPSA) is 47.3 Å². The van der Waals surface area contributed by atoms with Gasteiger partial charge in [-0.05, 0) is 56.1 Å². The quantitative estimate of drug-likeness (QED) is 0.721. The van der Waals surface area contributed by atoms with Crippen molar-refractivity contribution in [2.45, 2.75) is 26.8 Å². The zero-order valence-electron chi connectivity index (χ0n) is 10.5. The van der Waals surface area contributed by atoms with Crippen molar-refractivity contribution in [3.63, 3.8) is 0 Å². The Morgan fingerprint density at radius 3 is 2.62 bits per heavy atom. The molecule has 3 heteroatoms. The van der Waals surface area contributed by atoms with Gasteiger partial charge in [0.1, 0.15) is 5.75 Å². The summed E-state index contributed by atoms with van der Waals surface area (Å²) in [6, 6.07) is 4.15. The predicted molar refractivity (Wildman–Crippen MR) is 67.8 cm³/mol. The van der Waals surface area contributed by atoms with E-state index in [0.29, 0.717) is 0 Å². The molecule has 0 saturated carbocycles. The van der Waals surface area contributed by atoms with Crippen LogP contribution in [0.25, 0.3) is 0 Å². The van der Waals surface area contributed by atoms with E-state index in [1.165, 1.54) is 16.7 Å². The number of hydrogen-bond acceptors (Lipinski definition) is 3. The van der Waals surface area contributed by atoms with Crippen LogP contribution in [0.5, 0.6) is 5.75 Å².